The van der Waals surface area contributed by atoms with Gasteiger partial charge in [-0.15, -0.1) is 0 Å². The summed E-state index contributed by atoms with van der Waals surface area (Å²) in [6.45, 7) is 2.87. The third-order valence-electron chi connectivity index (χ3n) is 3.51. The molecule has 1 saturated heterocycles. The van der Waals surface area contributed by atoms with Crippen LogP contribution in [0.3, 0.4) is 0 Å². The van der Waals surface area contributed by atoms with Crippen LogP contribution in [0.1, 0.15) is 12.8 Å². The molecule has 0 aromatic heterocycles. The molecule has 1 aromatic carbocycles. The standard InChI is InChI=1S/C15H21ClN2O2/c1-18(15(19)12-4-3-7-17-11-12)8-9-20-14-6-2-5-13(16)10-14/h2,5-6,10,12,17H,3-4,7-9,11H2,1H3. The van der Waals surface area contributed by atoms with Crippen molar-refractivity contribution in [1.29, 1.82) is 0 Å². The Hall–Kier alpha value is -1.26. The van der Waals surface area contributed by atoms with Crippen LogP contribution in [0.15, 0.2) is 24.3 Å². The molecule has 1 atom stereocenters. The number of hydrogen-bond donors (Lipinski definition) is 1. The third-order valence-corrected chi connectivity index (χ3v) is 3.75. The lowest BCUT2D eigenvalue weighted by atomic mass is 9.98. The van der Waals surface area contributed by atoms with Crippen molar-refractivity contribution in [2.75, 3.05) is 33.3 Å². The quantitative estimate of drug-likeness (QED) is 0.905. The maximum atomic E-state index is 12.2. The Morgan fingerprint density at radius 3 is 3.10 bits per heavy atom. The topological polar surface area (TPSA) is 41.6 Å². The van der Waals surface area contributed by atoms with Gasteiger partial charge in [-0.05, 0) is 37.6 Å². The van der Waals surface area contributed by atoms with Gasteiger partial charge in [-0.3, -0.25) is 4.79 Å². The Bertz CT molecular complexity index is 447. The van der Waals surface area contributed by atoms with E-state index in [0.717, 1.165) is 31.7 Å². The van der Waals surface area contributed by atoms with Crippen LogP contribution in [-0.4, -0.2) is 44.1 Å². The zero-order chi connectivity index (χ0) is 14.4. The van der Waals surface area contributed by atoms with Crippen LogP contribution in [0.4, 0.5) is 0 Å². The smallest absolute Gasteiger partial charge is 0.226 e. The van der Waals surface area contributed by atoms with Gasteiger partial charge in [-0.25, -0.2) is 0 Å². The fourth-order valence-corrected chi connectivity index (χ4v) is 2.52. The number of ether oxygens (including phenoxy) is 1. The molecule has 5 heteroatoms. The van der Waals surface area contributed by atoms with Crippen LogP contribution >= 0.6 is 11.6 Å². The number of halogens is 1. The molecule has 0 radical (unpaired) electrons. The van der Waals surface area contributed by atoms with Gasteiger partial charge in [-0.2, -0.15) is 0 Å². The Balaban J connectivity index is 1.74. The zero-order valence-electron chi connectivity index (χ0n) is 11.8. The molecule has 2 rings (SSSR count). The minimum absolute atomic E-state index is 0.111. The summed E-state index contributed by atoms with van der Waals surface area (Å²) < 4.78 is 5.60. The molecule has 1 aromatic rings. The summed E-state index contributed by atoms with van der Waals surface area (Å²) in [6, 6.07) is 7.29. The summed E-state index contributed by atoms with van der Waals surface area (Å²) in [7, 11) is 1.83. The van der Waals surface area contributed by atoms with Crippen molar-refractivity contribution in [3.8, 4) is 5.75 Å². The Morgan fingerprint density at radius 1 is 1.55 bits per heavy atom. The third kappa shape index (κ3) is 4.39. The van der Waals surface area contributed by atoms with Gasteiger partial charge in [-0.1, -0.05) is 17.7 Å². The van der Waals surface area contributed by atoms with Crippen LogP contribution in [0.5, 0.6) is 5.75 Å². The lowest BCUT2D eigenvalue weighted by Crippen LogP contribution is -2.42. The second kappa shape index (κ2) is 7.50. The fourth-order valence-electron chi connectivity index (χ4n) is 2.34. The minimum atomic E-state index is 0.111. The van der Waals surface area contributed by atoms with Crippen molar-refractivity contribution in [2.24, 2.45) is 5.92 Å². The first kappa shape index (κ1) is 15.1. The Kier molecular flexibility index (Phi) is 5.68. The predicted molar refractivity (Wildman–Crippen MR) is 80.2 cm³/mol. The molecule has 0 bridgehead atoms. The van der Waals surface area contributed by atoms with Gasteiger partial charge in [0.2, 0.25) is 5.91 Å². The highest BCUT2D eigenvalue weighted by Crippen LogP contribution is 2.17. The van der Waals surface area contributed by atoms with Gasteiger partial charge >= 0.3 is 0 Å². The summed E-state index contributed by atoms with van der Waals surface area (Å²) in [5.74, 6) is 1.05. The van der Waals surface area contributed by atoms with E-state index >= 15 is 0 Å². The first-order chi connectivity index (χ1) is 9.66. The van der Waals surface area contributed by atoms with Crippen molar-refractivity contribution in [2.45, 2.75) is 12.8 Å². The van der Waals surface area contributed by atoms with Crippen LogP contribution < -0.4 is 10.1 Å². The molecule has 1 unspecified atom stereocenters. The number of hydrogen-bond acceptors (Lipinski definition) is 3. The maximum Gasteiger partial charge on any atom is 0.226 e. The molecule has 1 fully saturated rings. The van der Waals surface area contributed by atoms with E-state index in [9.17, 15) is 4.79 Å². The summed E-state index contributed by atoms with van der Waals surface area (Å²) in [4.78, 5) is 14.0. The second-order valence-electron chi connectivity index (χ2n) is 5.11. The second-order valence-corrected chi connectivity index (χ2v) is 5.55. The van der Waals surface area contributed by atoms with Crippen LogP contribution in [0.2, 0.25) is 5.02 Å². The van der Waals surface area contributed by atoms with Crippen LogP contribution in [0.25, 0.3) is 0 Å². The number of likely N-dealkylation sites (N-methyl/N-ethyl adjacent to an activating group) is 1. The van der Waals surface area contributed by atoms with Crippen LogP contribution in [0, 0.1) is 5.92 Å². The first-order valence-electron chi connectivity index (χ1n) is 7.01. The number of piperidine rings is 1. The molecule has 1 aliphatic heterocycles. The number of carbonyl (C=O) groups excluding carboxylic acids is 1. The van der Waals surface area contributed by atoms with Crippen molar-refractivity contribution in [1.82, 2.24) is 10.2 Å². The lowest BCUT2D eigenvalue weighted by molar-refractivity contribution is -0.135. The molecule has 1 aliphatic rings. The minimum Gasteiger partial charge on any atom is -0.492 e. The van der Waals surface area contributed by atoms with Gasteiger partial charge in [0, 0.05) is 18.6 Å². The highest BCUT2D eigenvalue weighted by Gasteiger charge is 2.23. The molecule has 1 amide bonds. The van der Waals surface area contributed by atoms with Crippen molar-refractivity contribution < 1.29 is 9.53 Å². The van der Waals surface area contributed by atoms with Crippen molar-refractivity contribution >= 4 is 17.5 Å². The number of amides is 1. The molecule has 1 heterocycles. The number of nitrogens with one attached hydrogen (secondary N) is 1. The zero-order valence-corrected chi connectivity index (χ0v) is 12.5. The molecule has 4 nitrogen and oxygen atoms in total. The summed E-state index contributed by atoms with van der Waals surface area (Å²) in [6.07, 6.45) is 2.05. The normalized spacial score (nSPS) is 18.6. The molecule has 0 saturated carbocycles. The number of nitrogens with zero attached hydrogens (tertiary/aromatic N) is 1. The van der Waals surface area contributed by atoms with E-state index in [2.05, 4.69) is 5.32 Å². The van der Waals surface area contributed by atoms with E-state index in [0.29, 0.717) is 18.2 Å². The number of rotatable bonds is 5. The Morgan fingerprint density at radius 2 is 2.40 bits per heavy atom. The predicted octanol–water partition coefficient (Wildman–Crippen LogP) is 2.18. The highest BCUT2D eigenvalue weighted by molar-refractivity contribution is 6.30. The maximum absolute atomic E-state index is 12.2. The molecule has 0 aliphatic carbocycles. The van der Waals surface area contributed by atoms with Gasteiger partial charge in [0.25, 0.3) is 0 Å². The molecule has 20 heavy (non-hydrogen) atoms. The van der Waals surface area contributed by atoms with E-state index in [-0.39, 0.29) is 11.8 Å². The van der Waals surface area contributed by atoms with E-state index in [1.807, 2.05) is 19.2 Å². The molecule has 110 valence electrons. The van der Waals surface area contributed by atoms with E-state index < -0.39 is 0 Å². The van der Waals surface area contributed by atoms with Gasteiger partial charge in [0.15, 0.2) is 0 Å². The van der Waals surface area contributed by atoms with Gasteiger partial charge < -0.3 is 15.0 Å². The summed E-state index contributed by atoms with van der Waals surface area (Å²) in [5.41, 5.74) is 0. The SMILES string of the molecule is CN(CCOc1cccc(Cl)c1)C(=O)C1CCCNC1. The molecule has 0 spiro atoms. The molecule has 1 N–H and O–H groups in total. The largest absolute Gasteiger partial charge is 0.492 e. The molecular formula is C15H21ClN2O2. The Labute approximate surface area is 125 Å². The van der Waals surface area contributed by atoms with Crippen molar-refractivity contribution in [3.05, 3.63) is 29.3 Å². The fraction of sp³-hybridized carbons (Fsp3) is 0.533. The first-order valence-corrected chi connectivity index (χ1v) is 7.38. The van der Waals surface area contributed by atoms with Gasteiger partial charge in [0.1, 0.15) is 12.4 Å². The number of benzene rings is 1. The van der Waals surface area contributed by atoms with E-state index in [1.54, 1.807) is 17.0 Å². The van der Waals surface area contributed by atoms with Crippen LogP contribution in [-0.2, 0) is 4.79 Å². The summed E-state index contributed by atoms with van der Waals surface area (Å²) >= 11 is 5.89. The van der Waals surface area contributed by atoms with E-state index in [1.165, 1.54) is 0 Å². The molecular weight excluding hydrogens is 276 g/mol. The monoisotopic (exact) mass is 296 g/mol. The average Bonchev–Trinajstić information content (AvgIpc) is 2.47. The average molecular weight is 297 g/mol. The van der Waals surface area contributed by atoms with E-state index in [4.69, 9.17) is 16.3 Å². The number of carbonyl (C=O) groups is 1. The van der Waals surface area contributed by atoms with Crippen molar-refractivity contribution in [3.63, 3.8) is 0 Å². The summed E-state index contributed by atoms with van der Waals surface area (Å²) in [5, 5.41) is 3.92. The highest BCUT2D eigenvalue weighted by atomic mass is 35.5. The van der Waals surface area contributed by atoms with Gasteiger partial charge in [0.05, 0.1) is 12.5 Å². The lowest BCUT2D eigenvalue weighted by Gasteiger charge is -2.27.